The van der Waals surface area contributed by atoms with Crippen LogP contribution in [0.4, 0.5) is 5.69 Å². The van der Waals surface area contributed by atoms with Crippen molar-refractivity contribution in [2.75, 3.05) is 11.9 Å². The minimum atomic E-state index is -0.305. The zero-order valence-corrected chi connectivity index (χ0v) is 16.8. The number of carbonyl (C=O) groups is 1. The number of oxazole rings is 1. The fraction of sp³-hybridized carbons (Fsp3) is 0.130. The standard InChI is InChI=1S/C23H19ClN2O3/c1-14-7-10-21-19(11-14)26-23(29-21)16-8-9-17(24)18(12-16)25-22(27)13-28-20-6-4-3-5-15(20)2/h3-12H,13H2,1-2H3,(H,25,27). The molecular formula is C23H19ClN2O3. The topological polar surface area (TPSA) is 64.4 Å². The molecule has 3 aromatic carbocycles. The van der Waals surface area contributed by atoms with E-state index in [1.54, 1.807) is 18.2 Å². The quantitative estimate of drug-likeness (QED) is 0.456. The van der Waals surface area contributed by atoms with Crippen LogP contribution in [0.2, 0.25) is 5.02 Å². The van der Waals surface area contributed by atoms with Crippen LogP contribution in [-0.4, -0.2) is 17.5 Å². The van der Waals surface area contributed by atoms with Crippen LogP contribution < -0.4 is 10.1 Å². The predicted octanol–water partition coefficient (Wildman–Crippen LogP) is 5.78. The highest BCUT2D eigenvalue weighted by atomic mass is 35.5. The molecule has 146 valence electrons. The fourth-order valence-corrected chi connectivity index (χ4v) is 3.13. The summed E-state index contributed by atoms with van der Waals surface area (Å²) in [6.45, 7) is 3.81. The van der Waals surface area contributed by atoms with Gasteiger partial charge < -0.3 is 14.5 Å². The molecule has 29 heavy (non-hydrogen) atoms. The zero-order chi connectivity index (χ0) is 20.4. The van der Waals surface area contributed by atoms with Crippen LogP contribution in [0.25, 0.3) is 22.6 Å². The number of hydrogen-bond acceptors (Lipinski definition) is 4. The molecule has 0 saturated heterocycles. The number of anilines is 1. The van der Waals surface area contributed by atoms with Crippen LogP contribution in [0.5, 0.6) is 5.75 Å². The second-order valence-corrected chi connectivity index (χ2v) is 7.19. The Bertz CT molecular complexity index is 1200. The van der Waals surface area contributed by atoms with Crippen molar-refractivity contribution in [1.82, 2.24) is 4.98 Å². The van der Waals surface area contributed by atoms with Crippen LogP contribution in [0.15, 0.2) is 65.1 Å². The number of carbonyl (C=O) groups excluding carboxylic acids is 1. The highest BCUT2D eigenvalue weighted by Gasteiger charge is 2.13. The smallest absolute Gasteiger partial charge is 0.262 e. The average molecular weight is 407 g/mol. The van der Waals surface area contributed by atoms with E-state index in [9.17, 15) is 4.79 Å². The SMILES string of the molecule is Cc1ccc2oc(-c3ccc(Cl)c(NC(=O)COc4ccccc4C)c3)nc2c1. The summed E-state index contributed by atoms with van der Waals surface area (Å²) in [5, 5.41) is 3.21. The normalized spacial score (nSPS) is 10.9. The summed E-state index contributed by atoms with van der Waals surface area (Å²) in [4.78, 5) is 16.9. The van der Waals surface area contributed by atoms with Gasteiger partial charge in [-0.3, -0.25) is 4.79 Å². The number of hydrogen-bond donors (Lipinski definition) is 1. The second-order valence-electron chi connectivity index (χ2n) is 6.79. The first kappa shape index (κ1) is 19.0. The Labute approximate surface area is 173 Å². The van der Waals surface area contributed by atoms with Gasteiger partial charge >= 0.3 is 0 Å². The molecule has 1 aromatic heterocycles. The maximum atomic E-state index is 12.3. The summed E-state index contributed by atoms with van der Waals surface area (Å²) in [7, 11) is 0. The van der Waals surface area contributed by atoms with Crippen LogP contribution in [-0.2, 0) is 4.79 Å². The Morgan fingerprint density at radius 3 is 2.76 bits per heavy atom. The van der Waals surface area contributed by atoms with Crippen molar-refractivity contribution in [2.24, 2.45) is 0 Å². The third-order valence-electron chi connectivity index (χ3n) is 4.48. The molecule has 0 saturated carbocycles. The first-order chi connectivity index (χ1) is 14.0. The van der Waals surface area contributed by atoms with E-state index >= 15 is 0 Å². The van der Waals surface area contributed by atoms with Gasteiger partial charge in [0.05, 0.1) is 10.7 Å². The summed E-state index contributed by atoms with van der Waals surface area (Å²) >= 11 is 6.26. The third-order valence-corrected chi connectivity index (χ3v) is 4.81. The Hall–Kier alpha value is -3.31. The molecule has 0 aliphatic heterocycles. The molecule has 0 bridgehead atoms. The Kier molecular flexibility index (Phi) is 5.23. The number of nitrogens with zero attached hydrogens (tertiary/aromatic N) is 1. The Morgan fingerprint density at radius 1 is 1.10 bits per heavy atom. The number of nitrogens with one attached hydrogen (secondary N) is 1. The van der Waals surface area contributed by atoms with Crippen molar-refractivity contribution in [1.29, 1.82) is 0 Å². The molecule has 6 heteroatoms. The lowest BCUT2D eigenvalue weighted by atomic mass is 10.2. The molecule has 1 heterocycles. The van der Waals surface area contributed by atoms with Crippen LogP contribution in [0, 0.1) is 13.8 Å². The van der Waals surface area contributed by atoms with Gasteiger partial charge in [-0.2, -0.15) is 0 Å². The molecule has 4 rings (SSSR count). The van der Waals surface area contributed by atoms with Gasteiger partial charge in [0.15, 0.2) is 12.2 Å². The summed E-state index contributed by atoms with van der Waals surface area (Å²) in [5.41, 5.74) is 4.76. The molecule has 0 atom stereocenters. The predicted molar refractivity (Wildman–Crippen MR) is 114 cm³/mol. The largest absolute Gasteiger partial charge is 0.483 e. The van der Waals surface area contributed by atoms with E-state index in [4.69, 9.17) is 20.8 Å². The van der Waals surface area contributed by atoms with E-state index < -0.39 is 0 Å². The highest BCUT2D eigenvalue weighted by Crippen LogP contribution is 2.30. The van der Waals surface area contributed by atoms with Gasteiger partial charge in [-0.1, -0.05) is 35.9 Å². The van der Waals surface area contributed by atoms with E-state index in [2.05, 4.69) is 10.3 Å². The number of halogens is 1. The Morgan fingerprint density at radius 2 is 1.93 bits per heavy atom. The first-order valence-electron chi connectivity index (χ1n) is 9.15. The fourth-order valence-electron chi connectivity index (χ4n) is 2.96. The summed E-state index contributed by atoms with van der Waals surface area (Å²) < 4.78 is 11.4. The van der Waals surface area contributed by atoms with Crippen molar-refractivity contribution in [2.45, 2.75) is 13.8 Å². The zero-order valence-electron chi connectivity index (χ0n) is 16.0. The van der Waals surface area contributed by atoms with Gasteiger partial charge in [-0.15, -0.1) is 0 Å². The maximum Gasteiger partial charge on any atom is 0.262 e. The number of amides is 1. The number of fused-ring (bicyclic) bond motifs is 1. The first-order valence-corrected chi connectivity index (χ1v) is 9.53. The van der Waals surface area contributed by atoms with E-state index in [0.717, 1.165) is 22.2 Å². The van der Waals surface area contributed by atoms with E-state index in [1.807, 2.05) is 56.3 Å². The van der Waals surface area contributed by atoms with Crippen LogP contribution in [0.3, 0.4) is 0 Å². The van der Waals surface area contributed by atoms with Gasteiger partial charge in [-0.05, 0) is 61.4 Å². The Balaban J connectivity index is 1.51. The molecule has 0 aliphatic carbocycles. The lowest BCUT2D eigenvalue weighted by molar-refractivity contribution is -0.118. The highest BCUT2D eigenvalue weighted by molar-refractivity contribution is 6.33. The van der Waals surface area contributed by atoms with Gasteiger partial charge in [0, 0.05) is 5.56 Å². The number of para-hydroxylation sites is 1. The lowest BCUT2D eigenvalue weighted by Crippen LogP contribution is -2.20. The molecular weight excluding hydrogens is 388 g/mol. The minimum Gasteiger partial charge on any atom is -0.483 e. The number of benzene rings is 3. The summed E-state index contributed by atoms with van der Waals surface area (Å²) in [6.07, 6.45) is 0. The van der Waals surface area contributed by atoms with Gasteiger partial charge in [0.25, 0.3) is 5.91 Å². The van der Waals surface area contributed by atoms with Gasteiger partial charge in [-0.25, -0.2) is 4.98 Å². The van der Waals surface area contributed by atoms with E-state index in [-0.39, 0.29) is 12.5 Å². The maximum absolute atomic E-state index is 12.3. The van der Waals surface area contributed by atoms with E-state index in [0.29, 0.717) is 27.9 Å². The van der Waals surface area contributed by atoms with Crippen LogP contribution in [0.1, 0.15) is 11.1 Å². The van der Waals surface area contributed by atoms with Crippen LogP contribution >= 0.6 is 11.6 Å². The third kappa shape index (κ3) is 4.25. The molecule has 1 N–H and O–H groups in total. The van der Waals surface area contributed by atoms with Gasteiger partial charge in [0.1, 0.15) is 11.3 Å². The average Bonchev–Trinajstić information content (AvgIpc) is 3.12. The molecule has 1 amide bonds. The number of ether oxygens (including phenoxy) is 1. The van der Waals surface area contributed by atoms with Gasteiger partial charge in [0.2, 0.25) is 5.89 Å². The van der Waals surface area contributed by atoms with Crippen molar-refractivity contribution >= 4 is 34.3 Å². The van der Waals surface area contributed by atoms with Crippen molar-refractivity contribution in [3.8, 4) is 17.2 Å². The molecule has 5 nitrogen and oxygen atoms in total. The number of aryl methyl sites for hydroxylation is 2. The molecule has 4 aromatic rings. The van der Waals surface area contributed by atoms with E-state index in [1.165, 1.54) is 0 Å². The molecule has 0 radical (unpaired) electrons. The second kappa shape index (κ2) is 7.97. The molecule has 0 unspecified atom stereocenters. The monoisotopic (exact) mass is 406 g/mol. The minimum absolute atomic E-state index is 0.117. The number of aromatic nitrogens is 1. The van der Waals surface area contributed by atoms with Crippen molar-refractivity contribution in [3.05, 3.63) is 76.8 Å². The molecule has 0 fully saturated rings. The number of rotatable bonds is 5. The summed E-state index contributed by atoms with van der Waals surface area (Å²) in [5.74, 6) is 0.832. The molecule has 0 spiro atoms. The summed E-state index contributed by atoms with van der Waals surface area (Å²) in [6, 6.07) is 18.6. The van der Waals surface area contributed by atoms with Crippen molar-refractivity contribution < 1.29 is 13.9 Å². The lowest BCUT2D eigenvalue weighted by Gasteiger charge is -2.11. The van der Waals surface area contributed by atoms with Crippen molar-refractivity contribution in [3.63, 3.8) is 0 Å². The molecule has 0 aliphatic rings.